The van der Waals surface area contributed by atoms with Crippen LogP contribution in [0.3, 0.4) is 0 Å². The van der Waals surface area contributed by atoms with Crippen LogP contribution in [0.1, 0.15) is 22.3 Å². The van der Waals surface area contributed by atoms with Gasteiger partial charge >= 0.3 is 6.18 Å². The van der Waals surface area contributed by atoms with Crippen molar-refractivity contribution in [3.63, 3.8) is 0 Å². The highest BCUT2D eigenvalue weighted by Gasteiger charge is 2.30. The fraction of sp³-hybridized carbons (Fsp3) is 0.0526. The molecular formula is C19H10F3I. The first-order valence-electron chi connectivity index (χ1n) is 7.07. The van der Waals surface area contributed by atoms with Gasteiger partial charge in [-0.3, -0.25) is 0 Å². The summed E-state index contributed by atoms with van der Waals surface area (Å²) in [6.07, 6.45) is -4.31. The maximum atomic E-state index is 12.8. The average molecular weight is 422 g/mol. The Labute approximate surface area is 144 Å². The standard InChI is InChI=1S/C19H10F3I/c20-19(21,22)13-9-7-12(8-10-13)17-14-5-1-3-11-4-2-6-15(16(11)14)18(17)23/h1-10H. The van der Waals surface area contributed by atoms with Gasteiger partial charge in [0, 0.05) is 9.15 Å². The Morgan fingerprint density at radius 2 is 1.35 bits per heavy atom. The molecular weight excluding hydrogens is 412 g/mol. The third kappa shape index (κ3) is 2.27. The molecule has 4 heteroatoms. The summed E-state index contributed by atoms with van der Waals surface area (Å²) in [7, 11) is 0. The topological polar surface area (TPSA) is 0 Å². The van der Waals surface area contributed by atoms with E-state index in [2.05, 4.69) is 40.8 Å². The van der Waals surface area contributed by atoms with Crippen LogP contribution in [0.25, 0.3) is 19.9 Å². The highest BCUT2D eigenvalue weighted by Crippen LogP contribution is 2.48. The van der Waals surface area contributed by atoms with E-state index in [1.807, 2.05) is 18.2 Å². The molecule has 1 aliphatic carbocycles. The molecule has 4 rings (SSSR count). The summed E-state index contributed by atoms with van der Waals surface area (Å²) in [4.78, 5) is 0. The van der Waals surface area contributed by atoms with E-state index in [0.29, 0.717) is 0 Å². The van der Waals surface area contributed by atoms with Crippen LogP contribution < -0.4 is 0 Å². The molecule has 3 aromatic rings. The van der Waals surface area contributed by atoms with Gasteiger partial charge in [0.05, 0.1) is 5.56 Å². The lowest BCUT2D eigenvalue weighted by Gasteiger charge is -2.10. The molecule has 0 aromatic heterocycles. The molecule has 0 atom stereocenters. The van der Waals surface area contributed by atoms with Gasteiger partial charge in [-0.1, -0.05) is 48.5 Å². The fourth-order valence-electron chi connectivity index (χ4n) is 3.09. The second-order valence-electron chi connectivity index (χ2n) is 5.47. The fourth-order valence-corrected chi connectivity index (χ4v) is 4.14. The zero-order valence-corrected chi connectivity index (χ0v) is 13.9. The lowest BCUT2D eigenvalue weighted by molar-refractivity contribution is -0.137. The van der Waals surface area contributed by atoms with Crippen molar-refractivity contribution in [3.8, 4) is 0 Å². The SMILES string of the molecule is FC(F)(F)c1ccc(C2=C(I)c3cccc4cccc2c34)cc1. The number of rotatable bonds is 1. The third-order valence-electron chi connectivity index (χ3n) is 4.13. The van der Waals surface area contributed by atoms with E-state index in [-0.39, 0.29) is 0 Å². The molecule has 0 radical (unpaired) electrons. The summed E-state index contributed by atoms with van der Waals surface area (Å²) < 4.78 is 39.4. The van der Waals surface area contributed by atoms with Crippen LogP contribution in [0.2, 0.25) is 0 Å². The Morgan fingerprint density at radius 1 is 0.739 bits per heavy atom. The van der Waals surface area contributed by atoms with E-state index in [9.17, 15) is 13.2 Å². The van der Waals surface area contributed by atoms with Crippen LogP contribution in [-0.2, 0) is 6.18 Å². The first kappa shape index (κ1) is 14.8. The van der Waals surface area contributed by atoms with Crippen molar-refractivity contribution in [1.29, 1.82) is 0 Å². The van der Waals surface area contributed by atoms with Crippen molar-refractivity contribution in [2.45, 2.75) is 6.18 Å². The summed E-state index contributed by atoms with van der Waals surface area (Å²) in [6.45, 7) is 0. The Balaban J connectivity index is 1.91. The van der Waals surface area contributed by atoms with Gasteiger partial charge < -0.3 is 0 Å². The maximum Gasteiger partial charge on any atom is 0.416 e. The zero-order chi connectivity index (χ0) is 16.2. The van der Waals surface area contributed by atoms with E-state index in [1.54, 1.807) is 12.1 Å². The summed E-state index contributed by atoms with van der Waals surface area (Å²) in [5.41, 5.74) is 3.43. The molecule has 114 valence electrons. The summed E-state index contributed by atoms with van der Waals surface area (Å²) in [5.74, 6) is 0. The monoisotopic (exact) mass is 422 g/mol. The number of hydrogen-bond donors (Lipinski definition) is 0. The molecule has 0 saturated carbocycles. The van der Waals surface area contributed by atoms with Crippen molar-refractivity contribution < 1.29 is 13.2 Å². The van der Waals surface area contributed by atoms with Crippen LogP contribution in [0.5, 0.6) is 0 Å². The molecule has 0 aliphatic heterocycles. The first-order valence-corrected chi connectivity index (χ1v) is 8.14. The van der Waals surface area contributed by atoms with Crippen molar-refractivity contribution in [1.82, 2.24) is 0 Å². The minimum absolute atomic E-state index is 0.620. The highest BCUT2D eigenvalue weighted by atomic mass is 127. The van der Waals surface area contributed by atoms with E-state index in [4.69, 9.17) is 0 Å². The quantitative estimate of drug-likeness (QED) is 0.392. The van der Waals surface area contributed by atoms with Crippen molar-refractivity contribution in [2.75, 3.05) is 0 Å². The lowest BCUT2D eigenvalue weighted by Crippen LogP contribution is -2.04. The van der Waals surface area contributed by atoms with Gasteiger partial charge in [0.25, 0.3) is 0 Å². The first-order chi connectivity index (χ1) is 11.0. The second-order valence-corrected chi connectivity index (χ2v) is 6.55. The molecule has 0 unspecified atom stereocenters. The van der Waals surface area contributed by atoms with Gasteiger partial charge in [-0.15, -0.1) is 0 Å². The van der Waals surface area contributed by atoms with Crippen LogP contribution in [0, 0.1) is 0 Å². The predicted molar refractivity (Wildman–Crippen MR) is 95.3 cm³/mol. The molecule has 0 fully saturated rings. The van der Waals surface area contributed by atoms with Gasteiger partial charge in [-0.25, -0.2) is 0 Å². The van der Waals surface area contributed by atoms with Gasteiger partial charge in [-0.05, 0) is 62.2 Å². The molecule has 1 aliphatic rings. The van der Waals surface area contributed by atoms with Crippen LogP contribution >= 0.6 is 22.6 Å². The Bertz CT molecular complexity index is 945. The van der Waals surface area contributed by atoms with Crippen molar-refractivity contribution >= 4 is 42.5 Å². The normalized spacial score (nSPS) is 13.9. The van der Waals surface area contributed by atoms with E-state index >= 15 is 0 Å². The summed E-state index contributed by atoms with van der Waals surface area (Å²) in [5, 5.41) is 2.32. The molecule has 0 nitrogen and oxygen atoms in total. The number of benzene rings is 3. The Kier molecular flexibility index (Phi) is 3.27. The van der Waals surface area contributed by atoms with Gasteiger partial charge in [-0.2, -0.15) is 13.2 Å². The minimum Gasteiger partial charge on any atom is -0.166 e. The van der Waals surface area contributed by atoms with Crippen molar-refractivity contribution in [3.05, 3.63) is 82.9 Å². The largest absolute Gasteiger partial charge is 0.416 e. The molecule has 0 amide bonds. The molecule has 0 heterocycles. The maximum absolute atomic E-state index is 12.8. The van der Waals surface area contributed by atoms with E-state index in [1.165, 1.54) is 5.39 Å². The minimum atomic E-state index is -4.31. The third-order valence-corrected chi connectivity index (χ3v) is 5.25. The smallest absolute Gasteiger partial charge is 0.166 e. The highest BCUT2D eigenvalue weighted by molar-refractivity contribution is 14.1. The Hall–Kier alpha value is -1.82. The zero-order valence-electron chi connectivity index (χ0n) is 11.8. The Morgan fingerprint density at radius 3 is 1.96 bits per heavy atom. The van der Waals surface area contributed by atoms with Gasteiger partial charge in [0.2, 0.25) is 0 Å². The predicted octanol–water partition coefficient (Wildman–Crippen LogP) is 6.52. The van der Waals surface area contributed by atoms with E-state index < -0.39 is 11.7 Å². The average Bonchev–Trinajstić information content (AvgIpc) is 2.82. The molecule has 0 N–H and O–H groups in total. The number of halogens is 4. The molecule has 23 heavy (non-hydrogen) atoms. The van der Waals surface area contributed by atoms with Gasteiger partial charge in [0.1, 0.15) is 0 Å². The number of alkyl halides is 3. The van der Waals surface area contributed by atoms with Crippen molar-refractivity contribution in [2.24, 2.45) is 0 Å². The van der Waals surface area contributed by atoms with Crippen LogP contribution in [0.15, 0.2) is 60.7 Å². The second kappa shape index (κ2) is 5.09. The summed E-state index contributed by atoms with van der Waals surface area (Å²) >= 11 is 2.29. The molecule has 3 aromatic carbocycles. The summed E-state index contributed by atoms with van der Waals surface area (Å²) in [6, 6.07) is 17.6. The lowest BCUT2D eigenvalue weighted by atomic mass is 9.97. The molecule has 0 spiro atoms. The molecule has 0 saturated heterocycles. The van der Waals surface area contributed by atoms with E-state index in [0.717, 1.165) is 43.4 Å². The van der Waals surface area contributed by atoms with Gasteiger partial charge in [0.15, 0.2) is 0 Å². The molecule has 0 bridgehead atoms. The number of hydrogen-bond acceptors (Lipinski definition) is 0. The van der Waals surface area contributed by atoms with Crippen LogP contribution in [-0.4, -0.2) is 0 Å². The van der Waals surface area contributed by atoms with Crippen LogP contribution in [0.4, 0.5) is 13.2 Å².